The molecule has 2 aromatic rings. The summed E-state index contributed by atoms with van der Waals surface area (Å²) in [5.41, 5.74) is 3.35. The van der Waals surface area contributed by atoms with Crippen molar-refractivity contribution >= 4 is 28.8 Å². The van der Waals surface area contributed by atoms with Gasteiger partial charge in [0.25, 0.3) is 11.8 Å². The van der Waals surface area contributed by atoms with Crippen molar-refractivity contribution in [3.63, 3.8) is 0 Å². The number of amides is 2. The van der Waals surface area contributed by atoms with E-state index >= 15 is 0 Å². The number of hydrogen-bond acceptors (Lipinski definition) is 5. The molecule has 2 aliphatic rings. The van der Waals surface area contributed by atoms with Gasteiger partial charge in [-0.25, -0.2) is 0 Å². The van der Waals surface area contributed by atoms with Crippen LogP contribution in [0.4, 0.5) is 11.4 Å². The van der Waals surface area contributed by atoms with Gasteiger partial charge in [0.2, 0.25) is 0 Å². The zero-order valence-corrected chi connectivity index (χ0v) is 17.6. The SMILES string of the molecule is COc1ccc(C2=C(Nc3ccc(N4CCCC4)cc3)C(=O)N(C(C)C)C2=O)cc1. The molecule has 4 rings (SSSR count). The van der Waals surface area contributed by atoms with Crippen molar-refractivity contribution in [2.45, 2.75) is 32.7 Å². The predicted octanol–water partition coefficient (Wildman–Crippen LogP) is 3.90. The van der Waals surface area contributed by atoms with Crippen molar-refractivity contribution in [2.75, 3.05) is 30.4 Å². The molecule has 6 heteroatoms. The topological polar surface area (TPSA) is 61.9 Å². The Morgan fingerprint density at radius 3 is 2.10 bits per heavy atom. The van der Waals surface area contributed by atoms with Gasteiger partial charge in [0.1, 0.15) is 11.4 Å². The van der Waals surface area contributed by atoms with Crippen molar-refractivity contribution < 1.29 is 14.3 Å². The lowest BCUT2D eigenvalue weighted by atomic mass is 10.0. The highest BCUT2D eigenvalue weighted by molar-refractivity contribution is 6.36. The zero-order valence-electron chi connectivity index (χ0n) is 17.6. The first-order valence-corrected chi connectivity index (χ1v) is 10.4. The normalized spacial score (nSPS) is 16.8. The second-order valence-corrected chi connectivity index (χ2v) is 7.92. The van der Waals surface area contributed by atoms with E-state index in [9.17, 15) is 9.59 Å². The van der Waals surface area contributed by atoms with Crippen LogP contribution in [0.3, 0.4) is 0 Å². The monoisotopic (exact) mass is 405 g/mol. The van der Waals surface area contributed by atoms with E-state index in [1.54, 1.807) is 31.4 Å². The molecule has 2 heterocycles. The standard InChI is InChI=1S/C24H27N3O3/c1-16(2)27-23(28)21(17-6-12-20(30-3)13-7-17)22(24(27)29)25-18-8-10-19(11-9-18)26-14-4-5-15-26/h6-13,16,25H,4-5,14-15H2,1-3H3. The van der Waals surface area contributed by atoms with Gasteiger partial charge in [-0.3, -0.25) is 14.5 Å². The Bertz CT molecular complexity index is 972. The fraction of sp³-hybridized carbons (Fsp3) is 0.333. The van der Waals surface area contributed by atoms with Crippen LogP contribution in [0.25, 0.3) is 5.57 Å². The third kappa shape index (κ3) is 3.65. The summed E-state index contributed by atoms with van der Waals surface area (Å²) >= 11 is 0. The summed E-state index contributed by atoms with van der Waals surface area (Å²) in [6.45, 7) is 5.84. The van der Waals surface area contributed by atoms with Gasteiger partial charge < -0.3 is 15.0 Å². The van der Waals surface area contributed by atoms with Crippen LogP contribution in [-0.2, 0) is 9.59 Å². The van der Waals surface area contributed by atoms with E-state index in [1.807, 2.05) is 26.0 Å². The molecule has 0 unspecified atom stereocenters. The molecule has 0 aliphatic carbocycles. The first-order chi connectivity index (χ1) is 14.5. The first-order valence-electron chi connectivity index (χ1n) is 10.4. The van der Waals surface area contributed by atoms with Crippen molar-refractivity contribution in [1.29, 1.82) is 0 Å². The van der Waals surface area contributed by atoms with Crippen LogP contribution >= 0.6 is 0 Å². The number of hydrogen-bond donors (Lipinski definition) is 1. The molecule has 1 fully saturated rings. The molecule has 1 N–H and O–H groups in total. The number of imide groups is 1. The van der Waals surface area contributed by atoms with E-state index in [0.29, 0.717) is 22.6 Å². The smallest absolute Gasteiger partial charge is 0.278 e. The lowest BCUT2D eigenvalue weighted by molar-refractivity contribution is -0.138. The van der Waals surface area contributed by atoms with E-state index in [1.165, 1.54) is 23.4 Å². The number of benzene rings is 2. The highest BCUT2D eigenvalue weighted by atomic mass is 16.5. The minimum atomic E-state index is -0.301. The average Bonchev–Trinajstić information content (AvgIpc) is 3.36. The van der Waals surface area contributed by atoms with Crippen molar-refractivity contribution in [2.24, 2.45) is 0 Å². The molecule has 0 bridgehead atoms. The van der Waals surface area contributed by atoms with Gasteiger partial charge in [-0.05, 0) is 68.7 Å². The molecule has 156 valence electrons. The number of carbonyl (C=O) groups is 2. The van der Waals surface area contributed by atoms with Crippen LogP contribution in [0, 0.1) is 0 Å². The summed E-state index contributed by atoms with van der Waals surface area (Å²) in [6, 6.07) is 15.0. The van der Waals surface area contributed by atoms with Gasteiger partial charge in [-0.15, -0.1) is 0 Å². The van der Waals surface area contributed by atoms with Crippen molar-refractivity contribution in [3.8, 4) is 5.75 Å². The molecule has 2 aliphatic heterocycles. The molecule has 2 amide bonds. The van der Waals surface area contributed by atoms with Crippen LogP contribution in [0.1, 0.15) is 32.3 Å². The van der Waals surface area contributed by atoms with Crippen molar-refractivity contribution in [1.82, 2.24) is 4.90 Å². The number of ether oxygens (including phenoxy) is 1. The highest BCUT2D eigenvalue weighted by Gasteiger charge is 2.40. The fourth-order valence-electron chi connectivity index (χ4n) is 4.03. The van der Waals surface area contributed by atoms with Gasteiger partial charge in [0.05, 0.1) is 12.7 Å². The molecule has 1 saturated heterocycles. The molecule has 0 aromatic heterocycles. The summed E-state index contributed by atoms with van der Waals surface area (Å²) in [6.07, 6.45) is 2.44. The van der Waals surface area contributed by atoms with Crippen LogP contribution in [0.5, 0.6) is 5.75 Å². The summed E-state index contributed by atoms with van der Waals surface area (Å²) in [4.78, 5) is 29.9. The molecule has 0 atom stereocenters. The van der Waals surface area contributed by atoms with Gasteiger partial charge in [-0.1, -0.05) is 12.1 Å². The maximum absolute atomic E-state index is 13.1. The Morgan fingerprint density at radius 2 is 1.53 bits per heavy atom. The number of anilines is 2. The summed E-state index contributed by atoms with van der Waals surface area (Å²) < 4.78 is 5.22. The van der Waals surface area contributed by atoms with Crippen LogP contribution in [0.15, 0.2) is 54.2 Å². The summed E-state index contributed by atoms with van der Waals surface area (Å²) in [5.74, 6) is 0.115. The summed E-state index contributed by atoms with van der Waals surface area (Å²) in [7, 11) is 1.60. The molecule has 0 spiro atoms. The predicted molar refractivity (Wildman–Crippen MR) is 118 cm³/mol. The molecule has 0 radical (unpaired) electrons. The third-order valence-corrected chi connectivity index (χ3v) is 5.62. The number of methoxy groups -OCH3 is 1. The van der Waals surface area contributed by atoms with Gasteiger partial charge in [0, 0.05) is 30.5 Å². The van der Waals surface area contributed by atoms with E-state index in [2.05, 4.69) is 22.3 Å². The first kappa shape index (κ1) is 20.0. The van der Waals surface area contributed by atoms with E-state index < -0.39 is 0 Å². The van der Waals surface area contributed by atoms with Crippen LogP contribution in [-0.4, -0.2) is 43.0 Å². The molecule has 0 saturated carbocycles. The largest absolute Gasteiger partial charge is 0.497 e. The second-order valence-electron chi connectivity index (χ2n) is 7.92. The van der Waals surface area contributed by atoms with Crippen molar-refractivity contribution in [3.05, 3.63) is 59.8 Å². The summed E-state index contributed by atoms with van der Waals surface area (Å²) in [5, 5.41) is 3.22. The average molecular weight is 405 g/mol. The Kier molecular flexibility index (Phi) is 5.48. The third-order valence-electron chi connectivity index (χ3n) is 5.62. The molecule has 6 nitrogen and oxygen atoms in total. The van der Waals surface area contributed by atoms with Crippen LogP contribution in [0.2, 0.25) is 0 Å². The van der Waals surface area contributed by atoms with E-state index in [-0.39, 0.29) is 17.9 Å². The molecule has 30 heavy (non-hydrogen) atoms. The van der Waals surface area contributed by atoms with Gasteiger partial charge in [0.15, 0.2) is 0 Å². The quantitative estimate of drug-likeness (QED) is 0.739. The Morgan fingerprint density at radius 1 is 0.900 bits per heavy atom. The molecular formula is C24H27N3O3. The molecule has 2 aromatic carbocycles. The maximum Gasteiger partial charge on any atom is 0.278 e. The Balaban J connectivity index is 1.67. The number of rotatable bonds is 6. The molecular weight excluding hydrogens is 378 g/mol. The second kappa shape index (κ2) is 8.22. The Labute approximate surface area is 177 Å². The minimum absolute atomic E-state index is 0.227. The van der Waals surface area contributed by atoms with Gasteiger partial charge >= 0.3 is 0 Å². The lowest BCUT2D eigenvalue weighted by Gasteiger charge is -2.19. The maximum atomic E-state index is 13.1. The number of nitrogens with zero attached hydrogens (tertiary/aromatic N) is 2. The number of carbonyl (C=O) groups excluding carboxylic acids is 2. The number of nitrogens with one attached hydrogen (secondary N) is 1. The zero-order chi connectivity index (χ0) is 21.3. The lowest BCUT2D eigenvalue weighted by Crippen LogP contribution is -2.38. The highest BCUT2D eigenvalue weighted by Crippen LogP contribution is 2.33. The van der Waals surface area contributed by atoms with E-state index in [0.717, 1.165) is 18.8 Å². The van der Waals surface area contributed by atoms with E-state index in [4.69, 9.17) is 4.74 Å². The van der Waals surface area contributed by atoms with Gasteiger partial charge in [-0.2, -0.15) is 0 Å². The Hall–Kier alpha value is -3.28. The fourth-order valence-corrected chi connectivity index (χ4v) is 4.03. The van der Waals surface area contributed by atoms with Crippen LogP contribution < -0.4 is 15.0 Å². The minimum Gasteiger partial charge on any atom is -0.497 e.